The maximum absolute atomic E-state index is 13.8. The van der Waals surface area contributed by atoms with E-state index in [4.69, 9.17) is 4.74 Å². The van der Waals surface area contributed by atoms with Crippen molar-refractivity contribution in [2.45, 2.75) is 37.4 Å². The van der Waals surface area contributed by atoms with Gasteiger partial charge >= 0.3 is 0 Å². The Hall–Kier alpha value is -2.47. The normalized spacial score (nSPS) is 28.7. The number of methoxy groups -OCH3 is 1. The van der Waals surface area contributed by atoms with Crippen molar-refractivity contribution in [1.29, 1.82) is 0 Å². The van der Waals surface area contributed by atoms with Crippen molar-refractivity contribution in [3.8, 4) is 5.75 Å². The van der Waals surface area contributed by atoms with E-state index in [0.717, 1.165) is 42.7 Å². The highest BCUT2D eigenvalue weighted by Crippen LogP contribution is 2.56. The molecule has 0 aromatic heterocycles. The van der Waals surface area contributed by atoms with E-state index in [1.807, 2.05) is 29.2 Å². The van der Waals surface area contributed by atoms with Gasteiger partial charge in [0.05, 0.1) is 7.11 Å². The number of carbonyl (C=O) groups excluding carboxylic acids is 1. The summed E-state index contributed by atoms with van der Waals surface area (Å²) in [6.45, 7) is 2.09. The molecule has 3 aliphatic heterocycles. The Balaban J connectivity index is 1.41. The molecule has 1 spiro atoms. The number of nitrogens with zero attached hydrogens (tertiary/aromatic N) is 2. The molecule has 6 heteroatoms. The molecule has 3 atom stereocenters. The van der Waals surface area contributed by atoms with Crippen LogP contribution in [0.15, 0.2) is 42.5 Å². The summed E-state index contributed by atoms with van der Waals surface area (Å²) in [7, 11) is 1.64. The molecule has 5 rings (SSSR count). The molecule has 2 aromatic carbocycles. The number of halogens is 2. The average Bonchev–Trinajstić information content (AvgIpc) is 3.35. The lowest BCUT2D eigenvalue weighted by Gasteiger charge is -2.33. The lowest BCUT2D eigenvalue weighted by atomic mass is 9.85. The minimum absolute atomic E-state index is 0.0273. The molecule has 3 aliphatic rings. The Kier molecular flexibility index (Phi) is 4.35. The van der Waals surface area contributed by atoms with Gasteiger partial charge in [0.25, 0.3) is 0 Å². The Bertz CT molecular complexity index is 966. The minimum atomic E-state index is -0.830. The van der Waals surface area contributed by atoms with Crippen LogP contribution >= 0.6 is 0 Å². The van der Waals surface area contributed by atoms with Crippen molar-refractivity contribution in [2.75, 3.05) is 20.2 Å². The Labute approximate surface area is 169 Å². The maximum Gasteiger partial charge on any atom is 0.243 e. The van der Waals surface area contributed by atoms with Gasteiger partial charge in [-0.15, -0.1) is 0 Å². The van der Waals surface area contributed by atoms with Crippen molar-refractivity contribution in [1.82, 2.24) is 9.80 Å². The first kappa shape index (κ1) is 18.6. The van der Waals surface area contributed by atoms with E-state index < -0.39 is 17.2 Å². The second-order valence-corrected chi connectivity index (χ2v) is 8.38. The number of hydrogen-bond donors (Lipinski definition) is 0. The summed E-state index contributed by atoms with van der Waals surface area (Å²) < 4.78 is 32.5. The van der Waals surface area contributed by atoms with Crippen LogP contribution in [0.2, 0.25) is 0 Å². The second kappa shape index (κ2) is 6.80. The van der Waals surface area contributed by atoms with E-state index >= 15 is 0 Å². The smallest absolute Gasteiger partial charge is 0.243 e. The highest BCUT2D eigenvalue weighted by molar-refractivity contribution is 5.90. The van der Waals surface area contributed by atoms with Gasteiger partial charge < -0.3 is 9.64 Å². The van der Waals surface area contributed by atoms with Gasteiger partial charge in [-0.2, -0.15) is 0 Å². The summed E-state index contributed by atoms with van der Waals surface area (Å²) in [4.78, 5) is 17.8. The first-order chi connectivity index (χ1) is 14.0. The number of amides is 1. The fourth-order valence-electron chi connectivity index (χ4n) is 5.74. The Morgan fingerprint density at radius 2 is 2.03 bits per heavy atom. The highest BCUT2D eigenvalue weighted by Gasteiger charge is 2.65. The third-order valence-electron chi connectivity index (χ3n) is 6.96. The quantitative estimate of drug-likeness (QED) is 0.783. The molecule has 1 amide bonds. The molecule has 3 fully saturated rings. The van der Waals surface area contributed by atoms with Crippen LogP contribution in [-0.2, 0) is 11.3 Å². The van der Waals surface area contributed by atoms with Crippen molar-refractivity contribution in [3.63, 3.8) is 0 Å². The molecule has 0 unspecified atom stereocenters. The molecule has 0 N–H and O–H groups in total. The third-order valence-corrected chi connectivity index (χ3v) is 6.96. The molecule has 0 aliphatic carbocycles. The van der Waals surface area contributed by atoms with E-state index in [2.05, 4.69) is 4.90 Å². The summed E-state index contributed by atoms with van der Waals surface area (Å²) in [5, 5.41) is 0. The van der Waals surface area contributed by atoms with E-state index in [1.165, 1.54) is 12.1 Å². The zero-order valence-electron chi connectivity index (χ0n) is 16.4. The van der Waals surface area contributed by atoms with Crippen LogP contribution in [0.4, 0.5) is 8.78 Å². The van der Waals surface area contributed by atoms with Crippen LogP contribution in [0.5, 0.6) is 5.75 Å². The number of ether oxygens (including phenoxy) is 1. The number of likely N-dealkylation sites (tertiary alicyclic amines) is 1. The zero-order valence-corrected chi connectivity index (χ0v) is 16.4. The van der Waals surface area contributed by atoms with Gasteiger partial charge in [0.2, 0.25) is 5.91 Å². The van der Waals surface area contributed by atoms with Crippen LogP contribution in [0.1, 0.15) is 36.4 Å². The molecule has 4 nitrogen and oxygen atoms in total. The molecule has 152 valence electrons. The molecule has 3 heterocycles. The summed E-state index contributed by atoms with van der Waals surface area (Å²) in [6, 6.07) is 11.9. The SMILES string of the molecule is COc1cccc(CN2C[C@@H]3C[C@@H](c4ccc(F)c(F)c4)N4CCC[C@@]34C2=O)c1. The fourth-order valence-corrected chi connectivity index (χ4v) is 5.74. The summed E-state index contributed by atoms with van der Waals surface area (Å²) in [5.74, 6) is -0.482. The number of hydrogen-bond acceptors (Lipinski definition) is 3. The van der Waals surface area contributed by atoms with Crippen LogP contribution in [0, 0.1) is 17.6 Å². The number of carbonyl (C=O) groups is 1. The summed E-state index contributed by atoms with van der Waals surface area (Å²) >= 11 is 0. The van der Waals surface area contributed by atoms with Gasteiger partial charge in [-0.05, 0) is 61.2 Å². The lowest BCUT2D eigenvalue weighted by molar-refractivity contribution is -0.137. The molecule has 29 heavy (non-hydrogen) atoms. The van der Waals surface area contributed by atoms with Gasteiger partial charge in [-0.1, -0.05) is 18.2 Å². The third kappa shape index (κ3) is 2.76. The van der Waals surface area contributed by atoms with Gasteiger partial charge in [0.15, 0.2) is 11.6 Å². The van der Waals surface area contributed by atoms with E-state index in [1.54, 1.807) is 13.2 Å². The largest absolute Gasteiger partial charge is 0.497 e. The summed E-state index contributed by atoms with van der Waals surface area (Å²) in [5.41, 5.74) is 1.33. The van der Waals surface area contributed by atoms with Crippen molar-refractivity contribution in [3.05, 3.63) is 65.2 Å². The van der Waals surface area contributed by atoms with Crippen molar-refractivity contribution >= 4 is 5.91 Å². The van der Waals surface area contributed by atoms with Crippen molar-refractivity contribution < 1.29 is 18.3 Å². The predicted molar refractivity (Wildman–Crippen MR) is 104 cm³/mol. The fraction of sp³-hybridized carbons (Fsp3) is 0.435. The first-order valence-corrected chi connectivity index (χ1v) is 10.2. The molecule has 2 aromatic rings. The first-order valence-electron chi connectivity index (χ1n) is 10.2. The monoisotopic (exact) mass is 398 g/mol. The number of rotatable bonds is 4. The van der Waals surface area contributed by atoms with Crippen LogP contribution in [0.3, 0.4) is 0 Å². The van der Waals surface area contributed by atoms with Gasteiger partial charge in [-0.3, -0.25) is 9.69 Å². The molecule has 3 saturated heterocycles. The molecule has 0 radical (unpaired) electrons. The van der Waals surface area contributed by atoms with E-state index in [-0.39, 0.29) is 17.9 Å². The second-order valence-electron chi connectivity index (χ2n) is 8.38. The summed E-state index contributed by atoms with van der Waals surface area (Å²) in [6.07, 6.45) is 2.59. The minimum Gasteiger partial charge on any atom is -0.497 e. The van der Waals surface area contributed by atoms with Gasteiger partial charge in [-0.25, -0.2) is 8.78 Å². The van der Waals surface area contributed by atoms with Crippen LogP contribution in [0.25, 0.3) is 0 Å². The number of benzene rings is 2. The lowest BCUT2D eigenvalue weighted by Crippen LogP contribution is -2.49. The Morgan fingerprint density at radius 3 is 2.83 bits per heavy atom. The van der Waals surface area contributed by atoms with E-state index in [9.17, 15) is 13.6 Å². The maximum atomic E-state index is 13.8. The predicted octanol–water partition coefficient (Wildman–Crippen LogP) is 3.91. The molecule has 0 bridgehead atoms. The van der Waals surface area contributed by atoms with Crippen LogP contribution in [-0.4, -0.2) is 41.4 Å². The average molecular weight is 398 g/mol. The molecular formula is C23H24F2N2O2. The standard InChI is InChI=1S/C23H24F2N2O2/c1-29-18-5-2-4-15(10-18)13-26-14-17-12-21(16-6-7-19(24)20(25)11-16)27-9-3-8-23(17,27)22(26)28/h2,4-7,10-11,17,21H,3,8-9,12-14H2,1H3/t17-,21-,23-/m0/s1. The Morgan fingerprint density at radius 1 is 1.17 bits per heavy atom. The van der Waals surface area contributed by atoms with Gasteiger partial charge in [0, 0.05) is 25.0 Å². The zero-order chi connectivity index (χ0) is 20.2. The topological polar surface area (TPSA) is 32.8 Å². The van der Waals surface area contributed by atoms with E-state index in [0.29, 0.717) is 13.1 Å². The molecule has 0 saturated carbocycles. The molecular weight excluding hydrogens is 374 g/mol. The van der Waals surface area contributed by atoms with Crippen LogP contribution < -0.4 is 4.74 Å². The van der Waals surface area contributed by atoms with Crippen molar-refractivity contribution in [2.24, 2.45) is 5.92 Å². The van der Waals surface area contributed by atoms with Gasteiger partial charge in [0.1, 0.15) is 11.3 Å². The highest BCUT2D eigenvalue weighted by atomic mass is 19.2.